The highest BCUT2D eigenvalue weighted by molar-refractivity contribution is 5.93. The van der Waals surface area contributed by atoms with Gasteiger partial charge in [-0.2, -0.15) is 0 Å². The summed E-state index contributed by atoms with van der Waals surface area (Å²) in [6.07, 6.45) is 0.703. The maximum Gasteiger partial charge on any atom is 0.306 e. The maximum atomic E-state index is 12.0. The molecule has 0 saturated carbocycles. The molecule has 0 bridgehead atoms. The Hall–Kier alpha value is -2.82. The molecule has 0 aliphatic rings. The molecule has 2 aromatic rings. The van der Waals surface area contributed by atoms with Gasteiger partial charge < -0.3 is 14.8 Å². The zero-order valence-electron chi connectivity index (χ0n) is 15.5. The van der Waals surface area contributed by atoms with Crippen molar-refractivity contribution in [2.24, 2.45) is 0 Å². The number of hydrogen-bond donors (Lipinski definition) is 1. The third-order valence-corrected chi connectivity index (χ3v) is 4.11. The molecule has 1 amide bonds. The lowest BCUT2D eigenvalue weighted by Gasteiger charge is -2.11. The van der Waals surface area contributed by atoms with Crippen LogP contribution in [0.5, 0.6) is 5.75 Å². The quantitative estimate of drug-likeness (QED) is 0.731. The monoisotopic (exact) mass is 355 g/mol. The molecule has 2 rings (SSSR count). The minimum Gasteiger partial charge on any atom is -0.494 e. The van der Waals surface area contributed by atoms with Gasteiger partial charge in [-0.1, -0.05) is 30.3 Å². The molecule has 26 heavy (non-hydrogen) atoms. The molecule has 5 heteroatoms. The number of anilines is 1. The number of benzene rings is 2. The van der Waals surface area contributed by atoms with E-state index in [9.17, 15) is 9.59 Å². The van der Waals surface area contributed by atoms with Crippen molar-refractivity contribution in [3.63, 3.8) is 0 Å². The van der Waals surface area contributed by atoms with E-state index in [4.69, 9.17) is 9.47 Å². The molecule has 5 nitrogen and oxygen atoms in total. The van der Waals surface area contributed by atoms with Crippen LogP contribution < -0.4 is 10.1 Å². The van der Waals surface area contributed by atoms with Crippen LogP contribution in [0.1, 0.15) is 30.0 Å². The summed E-state index contributed by atoms with van der Waals surface area (Å²) in [6, 6.07) is 13.3. The highest BCUT2D eigenvalue weighted by atomic mass is 16.5. The molecule has 0 aliphatic heterocycles. The van der Waals surface area contributed by atoms with E-state index in [1.807, 2.05) is 63.2 Å². The molecule has 2 aromatic carbocycles. The first kappa shape index (κ1) is 19.5. The Kier molecular flexibility index (Phi) is 7.21. The van der Waals surface area contributed by atoms with Crippen LogP contribution in [-0.4, -0.2) is 25.1 Å². The van der Waals surface area contributed by atoms with E-state index < -0.39 is 5.97 Å². The molecule has 0 aliphatic carbocycles. The topological polar surface area (TPSA) is 64.6 Å². The zero-order valence-corrected chi connectivity index (χ0v) is 15.5. The summed E-state index contributed by atoms with van der Waals surface area (Å²) in [5.41, 5.74) is 3.77. The summed E-state index contributed by atoms with van der Waals surface area (Å²) in [7, 11) is 0. The molecule has 0 atom stereocenters. The van der Waals surface area contributed by atoms with Crippen LogP contribution in [-0.2, 0) is 20.7 Å². The fraction of sp³-hybridized carbons (Fsp3) is 0.333. The van der Waals surface area contributed by atoms with E-state index in [-0.39, 0.29) is 18.9 Å². The zero-order chi connectivity index (χ0) is 18.9. The molecule has 0 heterocycles. The van der Waals surface area contributed by atoms with Crippen LogP contribution >= 0.6 is 0 Å². The minimum atomic E-state index is -0.410. The van der Waals surface area contributed by atoms with Crippen LogP contribution in [0.25, 0.3) is 0 Å². The number of ether oxygens (including phenoxy) is 2. The number of nitrogens with one attached hydrogen (secondary N) is 1. The lowest BCUT2D eigenvalue weighted by atomic mass is 10.1. The van der Waals surface area contributed by atoms with Crippen molar-refractivity contribution in [2.45, 2.75) is 33.6 Å². The second kappa shape index (κ2) is 9.61. The first-order valence-corrected chi connectivity index (χ1v) is 8.73. The van der Waals surface area contributed by atoms with E-state index in [0.29, 0.717) is 13.0 Å². The molecule has 0 unspecified atom stereocenters. The summed E-state index contributed by atoms with van der Waals surface area (Å²) >= 11 is 0. The van der Waals surface area contributed by atoms with Crippen LogP contribution in [0.4, 0.5) is 5.69 Å². The molecule has 1 N–H and O–H groups in total. The number of esters is 1. The number of carbonyl (C=O) groups excluding carboxylic acids is 2. The van der Waals surface area contributed by atoms with E-state index in [1.165, 1.54) is 0 Å². The van der Waals surface area contributed by atoms with Crippen LogP contribution in [0.15, 0.2) is 42.5 Å². The second-order valence-electron chi connectivity index (χ2n) is 6.00. The first-order chi connectivity index (χ1) is 12.5. The average Bonchev–Trinajstić information content (AvgIpc) is 2.63. The van der Waals surface area contributed by atoms with Gasteiger partial charge in [0, 0.05) is 12.1 Å². The van der Waals surface area contributed by atoms with Gasteiger partial charge in [0.15, 0.2) is 6.61 Å². The average molecular weight is 355 g/mol. The van der Waals surface area contributed by atoms with E-state index in [0.717, 1.165) is 28.1 Å². The lowest BCUT2D eigenvalue weighted by Crippen LogP contribution is -2.21. The minimum absolute atomic E-state index is 0.195. The fourth-order valence-corrected chi connectivity index (χ4v) is 2.53. The van der Waals surface area contributed by atoms with Crippen LogP contribution in [0.2, 0.25) is 0 Å². The van der Waals surface area contributed by atoms with Gasteiger partial charge in [0.1, 0.15) is 5.75 Å². The Balaban J connectivity index is 1.80. The largest absolute Gasteiger partial charge is 0.494 e. The number of carbonyl (C=O) groups is 2. The van der Waals surface area contributed by atoms with Gasteiger partial charge in [0.05, 0.1) is 6.61 Å². The number of hydrogen-bond acceptors (Lipinski definition) is 4. The summed E-state index contributed by atoms with van der Waals surface area (Å²) < 4.78 is 10.6. The lowest BCUT2D eigenvalue weighted by molar-refractivity contribution is -0.147. The van der Waals surface area contributed by atoms with Crippen molar-refractivity contribution in [1.29, 1.82) is 0 Å². The third-order valence-electron chi connectivity index (χ3n) is 4.11. The van der Waals surface area contributed by atoms with Crippen molar-refractivity contribution in [3.8, 4) is 5.75 Å². The van der Waals surface area contributed by atoms with Gasteiger partial charge >= 0.3 is 5.97 Å². The summed E-state index contributed by atoms with van der Waals surface area (Å²) in [5.74, 6) is 0.0182. The Bertz CT molecular complexity index is 770. The van der Waals surface area contributed by atoms with E-state index in [1.54, 1.807) is 0 Å². The maximum absolute atomic E-state index is 12.0. The molecule has 0 spiro atoms. The molecule has 0 fully saturated rings. The van der Waals surface area contributed by atoms with Crippen LogP contribution in [0, 0.1) is 13.8 Å². The summed E-state index contributed by atoms with van der Waals surface area (Å²) in [6.45, 7) is 6.11. The summed E-state index contributed by atoms with van der Waals surface area (Å²) in [5, 5.41) is 2.77. The molecule has 0 radical (unpaired) electrons. The van der Waals surface area contributed by atoms with Crippen molar-refractivity contribution in [1.82, 2.24) is 0 Å². The molecular formula is C21H25NO4. The normalized spacial score (nSPS) is 10.3. The Morgan fingerprint density at radius 2 is 1.81 bits per heavy atom. The van der Waals surface area contributed by atoms with Crippen molar-refractivity contribution < 1.29 is 19.1 Å². The van der Waals surface area contributed by atoms with Gasteiger partial charge in [-0.3, -0.25) is 9.59 Å². The van der Waals surface area contributed by atoms with Gasteiger partial charge in [0.2, 0.25) is 0 Å². The van der Waals surface area contributed by atoms with Crippen molar-refractivity contribution in [3.05, 3.63) is 59.2 Å². The Morgan fingerprint density at radius 1 is 1.04 bits per heavy atom. The number of para-hydroxylation sites is 1. The smallest absolute Gasteiger partial charge is 0.306 e. The van der Waals surface area contributed by atoms with Crippen LogP contribution in [0.3, 0.4) is 0 Å². The molecule has 0 saturated heterocycles. The van der Waals surface area contributed by atoms with Crippen molar-refractivity contribution in [2.75, 3.05) is 18.5 Å². The second-order valence-corrected chi connectivity index (χ2v) is 6.00. The summed E-state index contributed by atoms with van der Waals surface area (Å²) in [4.78, 5) is 23.9. The molecule has 0 aromatic heterocycles. The van der Waals surface area contributed by atoms with E-state index >= 15 is 0 Å². The van der Waals surface area contributed by atoms with Gasteiger partial charge in [-0.15, -0.1) is 0 Å². The molecule has 138 valence electrons. The van der Waals surface area contributed by atoms with Gasteiger partial charge in [-0.05, 0) is 56.0 Å². The van der Waals surface area contributed by atoms with Crippen molar-refractivity contribution >= 4 is 17.6 Å². The van der Waals surface area contributed by atoms with Gasteiger partial charge in [0.25, 0.3) is 5.91 Å². The third kappa shape index (κ3) is 5.62. The SMILES string of the molecule is CCOc1ccccc1CCC(=O)OCC(=O)Nc1cccc(C)c1C. The fourth-order valence-electron chi connectivity index (χ4n) is 2.53. The number of amides is 1. The first-order valence-electron chi connectivity index (χ1n) is 8.73. The standard InChI is InChI=1S/C21H25NO4/c1-4-25-19-11-6-5-9-17(19)12-13-21(24)26-14-20(23)22-18-10-7-8-15(2)16(18)3/h5-11H,4,12-14H2,1-3H3,(H,22,23). The predicted octanol–water partition coefficient (Wildman–Crippen LogP) is 3.82. The molecular weight excluding hydrogens is 330 g/mol. The van der Waals surface area contributed by atoms with Gasteiger partial charge in [-0.25, -0.2) is 0 Å². The Morgan fingerprint density at radius 3 is 2.58 bits per heavy atom. The number of aryl methyl sites for hydroxylation is 2. The highest BCUT2D eigenvalue weighted by Gasteiger charge is 2.11. The Labute approximate surface area is 154 Å². The van der Waals surface area contributed by atoms with E-state index in [2.05, 4.69) is 5.32 Å². The predicted molar refractivity (Wildman–Crippen MR) is 101 cm³/mol. The highest BCUT2D eigenvalue weighted by Crippen LogP contribution is 2.20. The number of rotatable bonds is 8.